The molecule has 0 unspecified atom stereocenters. The first kappa shape index (κ1) is 13.3. The first-order valence-electron chi connectivity index (χ1n) is 4.78. The van der Waals surface area contributed by atoms with Gasteiger partial charge in [-0.1, -0.05) is 11.6 Å². The van der Waals surface area contributed by atoms with Crippen molar-refractivity contribution in [3.63, 3.8) is 0 Å². The Morgan fingerprint density at radius 1 is 1.38 bits per heavy atom. The summed E-state index contributed by atoms with van der Waals surface area (Å²) in [7, 11) is -3.41. The summed E-state index contributed by atoms with van der Waals surface area (Å²) >= 11 is 5.75. The molecule has 0 aromatic carbocycles. The van der Waals surface area contributed by atoms with Gasteiger partial charge >= 0.3 is 0 Å². The van der Waals surface area contributed by atoms with Gasteiger partial charge in [-0.3, -0.25) is 4.72 Å². The van der Waals surface area contributed by atoms with Crippen LogP contribution in [0.4, 0.5) is 5.69 Å². The number of nitrogens with one attached hydrogen (secondary N) is 1. The monoisotopic (exact) mass is 262 g/mol. The highest BCUT2D eigenvalue weighted by atomic mass is 35.5. The molecule has 0 spiro atoms. The third-order valence-electron chi connectivity index (χ3n) is 2.07. The molecule has 0 amide bonds. The van der Waals surface area contributed by atoms with Crippen LogP contribution >= 0.6 is 11.6 Å². The van der Waals surface area contributed by atoms with Crippen molar-refractivity contribution in [3.05, 3.63) is 23.0 Å². The molecule has 16 heavy (non-hydrogen) atoms. The molecule has 0 saturated carbocycles. The van der Waals surface area contributed by atoms with E-state index in [1.54, 1.807) is 33.8 Å². The molecule has 1 heterocycles. The first-order valence-corrected chi connectivity index (χ1v) is 6.64. The fraction of sp³-hybridized carbons (Fsp3) is 0.500. The van der Waals surface area contributed by atoms with Crippen molar-refractivity contribution in [1.29, 1.82) is 0 Å². The highest BCUT2D eigenvalue weighted by Gasteiger charge is 2.28. The van der Waals surface area contributed by atoms with E-state index in [1.165, 1.54) is 6.20 Å². The highest BCUT2D eigenvalue weighted by molar-refractivity contribution is 7.94. The van der Waals surface area contributed by atoms with Crippen LogP contribution < -0.4 is 4.72 Å². The van der Waals surface area contributed by atoms with Gasteiger partial charge in [0, 0.05) is 0 Å². The minimum absolute atomic E-state index is 0.374. The Kier molecular flexibility index (Phi) is 3.50. The SMILES string of the molecule is Cc1cc(NS(=O)(=O)C(C)(C)C)cnc1Cl. The number of pyridine rings is 1. The molecule has 0 radical (unpaired) electrons. The third-order valence-corrected chi connectivity index (χ3v) is 4.59. The van der Waals surface area contributed by atoms with Crippen molar-refractivity contribution < 1.29 is 8.42 Å². The second-order valence-electron chi connectivity index (χ2n) is 4.55. The lowest BCUT2D eigenvalue weighted by molar-refractivity contribution is 0.566. The zero-order valence-electron chi connectivity index (χ0n) is 9.70. The maximum atomic E-state index is 11.8. The summed E-state index contributed by atoms with van der Waals surface area (Å²) in [4.78, 5) is 3.88. The zero-order valence-corrected chi connectivity index (χ0v) is 11.3. The number of aryl methyl sites for hydroxylation is 1. The number of rotatable bonds is 2. The number of halogens is 1. The van der Waals surface area contributed by atoms with Crippen LogP contribution in [0.2, 0.25) is 5.15 Å². The molecule has 1 rings (SSSR count). The van der Waals surface area contributed by atoms with Crippen molar-refractivity contribution in [2.75, 3.05) is 4.72 Å². The van der Waals surface area contributed by atoms with E-state index in [0.29, 0.717) is 10.8 Å². The summed E-state index contributed by atoms with van der Waals surface area (Å²) < 4.78 is 25.3. The molecule has 0 bridgehead atoms. The summed E-state index contributed by atoms with van der Waals surface area (Å²) in [5, 5.41) is 0.374. The molecule has 0 atom stereocenters. The maximum absolute atomic E-state index is 11.8. The molecule has 1 aromatic rings. The summed E-state index contributed by atoms with van der Waals surface area (Å²) in [6, 6.07) is 1.65. The molecule has 0 fully saturated rings. The average molecular weight is 263 g/mol. The van der Waals surface area contributed by atoms with E-state index in [1.807, 2.05) is 0 Å². The van der Waals surface area contributed by atoms with E-state index in [-0.39, 0.29) is 0 Å². The Hall–Kier alpha value is -0.810. The van der Waals surface area contributed by atoms with Crippen LogP contribution in [0.1, 0.15) is 26.3 Å². The molecule has 1 aromatic heterocycles. The first-order chi connectivity index (χ1) is 7.13. The van der Waals surface area contributed by atoms with Crippen molar-refractivity contribution in [2.24, 2.45) is 0 Å². The second-order valence-corrected chi connectivity index (χ2v) is 7.34. The van der Waals surface area contributed by atoms with Crippen LogP contribution in [0.25, 0.3) is 0 Å². The number of hydrogen-bond acceptors (Lipinski definition) is 3. The van der Waals surface area contributed by atoms with Gasteiger partial charge in [-0.15, -0.1) is 0 Å². The van der Waals surface area contributed by atoms with E-state index in [9.17, 15) is 8.42 Å². The molecule has 0 aliphatic heterocycles. The van der Waals surface area contributed by atoms with E-state index in [2.05, 4.69) is 9.71 Å². The molecule has 4 nitrogen and oxygen atoms in total. The van der Waals surface area contributed by atoms with Crippen molar-refractivity contribution in [1.82, 2.24) is 4.98 Å². The molecule has 6 heteroatoms. The minimum atomic E-state index is -3.41. The fourth-order valence-electron chi connectivity index (χ4n) is 0.922. The van der Waals surface area contributed by atoms with Crippen LogP contribution in [0.15, 0.2) is 12.3 Å². The predicted molar refractivity (Wildman–Crippen MR) is 66.3 cm³/mol. The Morgan fingerprint density at radius 3 is 2.38 bits per heavy atom. The molecular formula is C10H15ClN2O2S. The van der Waals surface area contributed by atoms with Gasteiger partial charge in [-0.25, -0.2) is 13.4 Å². The van der Waals surface area contributed by atoms with Crippen LogP contribution in [0, 0.1) is 6.92 Å². The average Bonchev–Trinajstić information content (AvgIpc) is 2.09. The fourth-order valence-corrected chi connectivity index (χ4v) is 1.75. The van der Waals surface area contributed by atoms with Gasteiger partial charge in [0.05, 0.1) is 16.6 Å². The quantitative estimate of drug-likeness (QED) is 0.834. The number of nitrogens with zero attached hydrogens (tertiary/aromatic N) is 1. The van der Waals surface area contributed by atoms with Gasteiger partial charge in [-0.2, -0.15) is 0 Å². The smallest absolute Gasteiger partial charge is 0.237 e. The lowest BCUT2D eigenvalue weighted by Crippen LogP contribution is -2.33. The summed E-state index contributed by atoms with van der Waals surface area (Å²) in [5.41, 5.74) is 1.16. The number of sulfonamides is 1. The topological polar surface area (TPSA) is 59.1 Å². The van der Waals surface area contributed by atoms with E-state index < -0.39 is 14.8 Å². The third kappa shape index (κ3) is 2.86. The Morgan fingerprint density at radius 2 is 1.94 bits per heavy atom. The summed E-state index contributed by atoms with van der Waals surface area (Å²) in [6.07, 6.45) is 1.40. The highest BCUT2D eigenvalue weighted by Crippen LogP contribution is 2.21. The summed E-state index contributed by atoms with van der Waals surface area (Å²) in [5.74, 6) is 0. The van der Waals surface area contributed by atoms with Gasteiger partial charge < -0.3 is 0 Å². The van der Waals surface area contributed by atoms with Crippen LogP contribution in [0.5, 0.6) is 0 Å². The Labute approximate surface area is 101 Å². The van der Waals surface area contributed by atoms with Gasteiger partial charge in [-0.05, 0) is 39.3 Å². The number of hydrogen-bond donors (Lipinski definition) is 1. The largest absolute Gasteiger partial charge is 0.282 e. The van der Waals surface area contributed by atoms with E-state index in [4.69, 9.17) is 11.6 Å². The van der Waals surface area contributed by atoms with E-state index in [0.717, 1.165) is 5.56 Å². The molecule has 1 N–H and O–H groups in total. The van der Waals surface area contributed by atoms with Gasteiger partial charge in [0.15, 0.2) is 0 Å². The van der Waals surface area contributed by atoms with Crippen LogP contribution in [-0.4, -0.2) is 18.1 Å². The normalized spacial score (nSPS) is 12.6. The standard InChI is InChI=1S/C10H15ClN2O2S/c1-7-5-8(6-12-9(7)11)13-16(14,15)10(2,3)4/h5-6,13H,1-4H3. The Balaban J connectivity index is 3.03. The second kappa shape index (κ2) is 4.22. The lowest BCUT2D eigenvalue weighted by Gasteiger charge is -2.20. The molecule has 0 aliphatic carbocycles. The van der Waals surface area contributed by atoms with Crippen LogP contribution in [0.3, 0.4) is 0 Å². The lowest BCUT2D eigenvalue weighted by atomic mass is 10.3. The molecule has 0 aliphatic rings. The van der Waals surface area contributed by atoms with E-state index >= 15 is 0 Å². The zero-order chi connectivity index (χ0) is 12.6. The Bertz CT molecular complexity index is 492. The summed E-state index contributed by atoms with van der Waals surface area (Å²) in [6.45, 7) is 6.66. The molecule has 90 valence electrons. The van der Waals surface area contributed by atoms with Crippen LogP contribution in [-0.2, 0) is 10.0 Å². The number of anilines is 1. The van der Waals surface area contributed by atoms with Crippen molar-refractivity contribution in [2.45, 2.75) is 32.4 Å². The molecule has 0 saturated heterocycles. The number of aromatic nitrogens is 1. The van der Waals surface area contributed by atoms with Gasteiger partial charge in [0.25, 0.3) is 0 Å². The van der Waals surface area contributed by atoms with Gasteiger partial charge in [0.2, 0.25) is 10.0 Å². The minimum Gasteiger partial charge on any atom is -0.282 e. The molecular weight excluding hydrogens is 248 g/mol. The van der Waals surface area contributed by atoms with Gasteiger partial charge in [0.1, 0.15) is 5.15 Å². The predicted octanol–water partition coefficient (Wildman–Crippen LogP) is 2.58. The van der Waals surface area contributed by atoms with Crippen molar-refractivity contribution in [3.8, 4) is 0 Å². The van der Waals surface area contributed by atoms with Crippen molar-refractivity contribution >= 4 is 27.3 Å². The maximum Gasteiger partial charge on any atom is 0.237 e.